The monoisotopic (exact) mass is 396 g/mol. The van der Waals surface area contributed by atoms with E-state index in [-0.39, 0.29) is 34.6 Å². The zero-order valence-electron chi connectivity index (χ0n) is 15.2. The average molecular weight is 397 g/mol. The molecular formula is C18H24N2O4S2. The van der Waals surface area contributed by atoms with Crippen LogP contribution < -0.4 is 4.74 Å². The number of nitrogens with zero attached hydrogens (tertiary/aromatic N) is 2. The van der Waals surface area contributed by atoms with Crippen molar-refractivity contribution in [1.29, 1.82) is 0 Å². The third-order valence-electron chi connectivity index (χ3n) is 4.47. The van der Waals surface area contributed by atoms with Crippen molar-refractivity contribution in [2.75, 3.05) is 18.6 Å². The molecule has 0 unspecified atom stereocenters. The first-order valence-electron chi connectivity index (χ1n) is 8.65. The number of rotatable bonds is 5. The Morgan fingerprint density at radius 3 is 2.85 bits per heavy atom. The van der Waals surface area contributed by atoms with Gasteiger partial charge in [0.2, 0.25) is 5.91 Å². The zero-order chi connectivity index (χ0) is 18.9. The van der Waals surface area contributed by atoms with Crippen molar-refractivity contribution in [2.45, 2.75) is 38.1 Å². The fraction of sp³-hybridized carbons (Fsp3) is 0.556. The van der Waals surface area contributed by atoms with Gasteiger partial charge in [0.1, 0.15) is 5.75 Å². The lowest BCUT2D eigenvalue weighted by atomic mass is 10.1. The molecule has 2 fully saturated rings. The van der Waals surface area contributed by atoms with E-state index < -0.39 is 9.84 Å². The van der Waals surface area contributed by atoms with Crippen LogP contribution in [0.3, 0.4) is 0 Å². The van der Waals surface area contributed by atoms with Crippen molar-refractivity contribution < 1.29 is 17.9 Å². The second-order valence-electron chi connectivity index (χ2n) is 7.17. The molecule has 26 heavy (non-hydrogen) atoms. The minimum Gasteiger partial charge on any atom is -0.497 e. The molecule has 8 heteroatoms. The first-order chi connectivity index (χ1) is 12.3. The number of benzene rings is 1. The molecule has 3 rings (SSSR count). The molecule has 0 aliphatic carbocycles. The maximum Gasteiger partial charge on any atom is 0.248 e. The lowest BCUT2D eigenvalue weighted by molar-refractivity contribution is -0.118. The predicted molar refractivity (Wildman–Crippen MR) is 104 cm³/mol. The van der Waals surface area contributed by atoms with E-state index in [1.165, 1.54) is 11.8 Å². The Balaban J connectivity index is 1.87. The third kappa shape index (κ3) is 4.40. The molecular weight excluding hydrogens is 372 g/mol. The molecule has 2 heterocycles. The number of hydrogen-bond donors (Lipinski definition) is 0. The molecule has 1 aromatic carbocycles. The molecule has 0 spiro atoms. The first kappa shape index (κ1) is 19.2. The number of thioether (sulfide) groups is 1. The number of amidine groups is 1. The highest BCUT2D eigenvalue weighted by Crippen LogP contribution is 2.39. The van der Waals surface area contributed by atoms with E-state index in [9.17, 15) is 13.2 Å². The van der Waals surface area contributed by atoms with Gasteiger partial charge in [-0.05, 0) is 23.6 Å². The number of ether oxygens (including phenoxy) is 1. The first-order valence-corrected chi connectivity index (χ1v) is 11.4. The van der Waals surface area contributed by atoms with E-state index in [0.717, 1.165) is 11.3 Å². The fourth-order valence-corrected chi connectivity index (χ4v) is 7.26. The Bertz CT molecular complexity index is 820. The normalized spacial score (nSPS) is 25.7. The number of methoxy groups -OCH3 is 1. The van der Waals surface area contributed by atoms with Crippen molar-refractivity contribution >= 4 is 32.7 Å². The van der Waals surface area contributed by atoms with E-state index in [0.29, 0.717) is 18.1 Å². The Morgan fingerprint density at radius 1 is 1.38 bits per heavy atom. The molecule has 1 aromatic rings. The minimum atomic E-state index is -3.04. The number of aliphatic imine (C=N–C) groups is 1. The Kier molecular flexibility index (Phi) is 5.62. The highest BCUT2D eigenvalue weighted by Gasteiger charge is 2.48. The van der Waals surface area contributed by atoms with Crippen LogP contribution in [0.2, 0.25) is 0 Å². The molecule has 0 N–H and O–H groups in total. The summed E-state index contributed by atoms with van der Waals surface area (Å²) in [5.41, 5.74) is 0.999. The van der Waals surface area contributed by atoms with Gasteiger partial charge in [-0.15, -0.1) is 0 Å². The molecule has 0 bridgehead atoms. The summed E-state index contributed by atoms with van der Waals surface area (Å²) >= 11 is 1.42. The third-order valence-corrected chi connectivity index (χ3v) is 7.71. The number of hydrogen-bond acceptors (Lipinski definition) is 5. The number of sulfone groups is 1. The summed E-state index contributed by atoms with van der Waals surface area (Å²) in [6, 6.07) is 7.53. The van der Waals surface area contributed by atoms with Gasteiger partial charge in [0, 0.05) is 18.2 Å². The maximum atomic E-state index is 12.2. The summed E-state index contributed by atoms with van der Waals surface area (Å²) in [4.78, 5) is 18.5. The van der Waals surface area contributed by atoms with Gasteiger partial charge in [-0.25, -0.2) is 8.42 Å². The second kappa shape index (κ2) is 7.60. The predicted octanol–water partition coefficient (Wildman–Crippen LogP) is 2.34. The van der Waals surface area contributed by atoms with Gasteiger partial charge in [0.05, 0.1) is 24.7 Å². The van der Waals surface area contributed by atoms with Gasteiger partial charge in [0.15, 0.2) is 15.0 Å². The molecule has 2 aliphatic heterocycles. The number of amides is 1. The van der Waals surface area contributed by atoms with E-state index in [4.69, 9.17) is 4.74 Å². The summed E-state index contributed by atoms with van der Waals surface area (Å²) in [6.07, 6.45) is 0.394. The van der Waals surface area contributed by atoms with Crippen LogP contribution in [0.5, 0.6) is 5.75 Å². The van der Waals surface area contributed by atoms with Gasteiger partial charge in [-0.3, -0.25) is 4.79 Å². The zero-order valence-corrected chi connectivity index (χ0v) is 16.8. The molecule has 6 nitrogen and oxygen atoms in total. The van der Waals surface area contributed by atoms with Crippen molar-refractivity contribution in [3.05, 3.63) is 29.8 Å². The van der Waals surface area contributed by atoms with Crippen LogP contribution in [0.1, 0.15) is 25.8 Å². The minimum absolute atomic E-state index is 0.0591. The van der Waals surface area contributed by atoms with Crippen molar-refractivity contribution in [3.8, 4) is 5.75 Å². The maximum absolute atomic E-state index is 12.2. The van der Waals surface area contributed by atoms with Gasteiger partial charge >= 0.3 is 0 Å². The van der Waals surface area contributed by atoms with Crippen LogP contribution in [0.25, 0.3) is 0 Å². The van der Waals surface area contributed by atoms with Crippen LogP contribution in [0.15, 0.2) is 29.3 Å². The molecule has 142 valence electrons. The smallest absolute Gasteiger partial charge is 0.248 e. The highest BCUT2D eigenvalue weighted by atomic mass is 32.2. The van der Waals surface area contributed by atoms with Crippen molar-refractivity contribution in [2.24, 2.45) is 10.9 Å². The van der Waals surface area contributed by atoms with E-state index in [1.54, 1.807) is 7.11 Å². The molecule has 2 saturated heterocycles. The highest BCUT2D eigenvalue weighted by molar-refractivity contribution is 8.15. The lowest BCUT2D eigenvalue weighted by Crippen LogP contribution is -2.37. The Hall–Kier alpha value is -1.54. The molecule has 2 aliphatic rings. The van der Waals surface area contributed by atoms with E-state index in [2.05, 4.69) is 4.99 Å². The van der Waals surface area contributed by atoms with Crippen LogP contribution in [0, 0.1) is 5.92 Å². The summed E-state index contributed by atoms with van der Waals surface area (Å²) in [5.74, 6) is 1.10. The molecule has 0 aromatic heterocycles. The van der Waals surface area contributed by atoms with E-state index >= 15 is 0 Å². The summed E-state index contributed by atoms with van der Waals surface area (Å²) in [5, 5.41) is 0.583. The van der Waals surface area contributed by atoms with Gasteiger partial charge in [-0.2, -0.15) is 4.99 Å². The molecule has 1 amide bonds. The molecule has 2 atom stereocenters. The standard InChI is InChI=1S/C18H24N2O4S2/c1-12(2)7-17(21)19-18-20(9-13-5-4-6-14(8-13)24-3)15-10-26(22,23)11-16(15)25-18/h4-6,8,12,15-16H,7,9-11H2,1-3H3/t15-,16+/m0/s1. The quantitative estimate of drug-likeness (QED) is 0.760. The Morgan fingerprint density at radius 2 is 2.15 bits per heavy atom. The van der Waals surface area contributed by atoms with Crippen molar-refractivity contribution in [3.63, 3.8) is 0 Å². The summed E-state index contributed by atoms with van der Waals surface area (Å²) in [7, 11) is -1.43. The largest absolute Gasteiger partial charge is 0.497 e. The van der Waals surface area contributed by atoms with Crippen LogP contribution in [-0.2, 0) is 21.2 Å². The Labute approximate surface area is 158 Å². The van der Waals surface area contributed by atoms with Crippen LogP contribution in [0.4, 0.5) is 0 Å². The lowest BCUT2D eigenvalue weighted by Gasteiger charge is -2.24. The summed E-state index contributed by atoms with van der Waals surface area (Å²) < 4.78 is 29.4. The fourth-order valence-electron chi connectivity index (χ4n) is 3.29. The second-order valence-corrected chi connectivity index (χ2v) is 10.5. The SMILES string of the molecule is COc1cccc(CN2C(=NC(=O)CC(C)C)S[C@@H]3CS(=O)(=O)C[C@@H]32)c1. The summed E-state index contributed by atoms with van der Waals surface area (Å²) in [6.45, 7) is 4.47. The molecule has 0 saturated carbocycles. The number of carbonyl (C=O) groups excluding carboxylic acids is 1. The topological polar surface area (TPSA) is 76.0 Å². The van der Waals surface area contributed by atoms with Gasteiger partial charge in [-0.1, -0.05) is 37.7 Å². The van der Waals surface area contributed by atoms with E-state index in [1.807, 2.05) is 43.0 Å². The number of fused-ring (bicyclic) bond motifs is 1. The molecule has 0 radical (unpaired) electrons. The van der Waals surface area contributed by atoms with Gasteiger partial charge in [0.25, 0.3) is 0 Å². The van der Waals surface area contributed by atoms with Crippen LogP contribution in [-0.4, -0.2) is 54.3 Å². The number of carbonyl (C=O) groups is 1. The average Bonchev–Trinajstić information content (AvgIpc) is 2.99. The van der Waals surface area contributed by atoms with Crippen molar-refractivity contribution in [1.82, 2.24) is 4.90 Å². The van der Waals surface area contributed by atoms with Crippen LogP contribution >= 0.6 is 11.8 Å². The van der Waals surface area contributed by atoms with Gasteiger partial charge < -0.3 is 9.64 Å².